The molecule has 1 aromatic heterocycles. The average Bonchev–Trinajstić information content (AvgIpc) is 3.13. The third kappa shape index (κ3) is 5.53. The van der Waals surface area contributed by atoms with Crippen LogP contribution in [0, 0.1) is 0 Å². The van der Waals surface area contributed by atoms with E-state index >= 15 is 0 Å². The lowest BCUT2D eigenvalue weighted by Gasteiger charge is -2.43. The molecule has 0 aliphatic carbocycles. The summed E-state index contributed by atoms with van der Waals surface area (Å²) < 4.78 is 21.8. The molecular formula is C25H28IN3O8S. The molecule has 0 spiro atoms. The number of hydrogen-bond donors (Lipinski definition) is 1. The first-order valence-electron chi connectivity index (χ1n) is 11.4. The molecule has 2 amide bonds. The second-order valence-electron chi connectivity index (χ2n) is 9.02. The smallest absolute Gasteiger partial charge is 0.347 e. The van der Waals surface area contributed by atoms with Gasteiger partial charge in [0.25, 0.3) is 5.91 Å². The van der Waals surface area contributed by atoms with Crippen molar-refractivity contribution in [1.82, 2.24) is 10.2 Å². The monoisotopic (exact) mass is 657 g/mol. The first-order chi connectivity index (χ1) is 17.6. The predicted molar refractivity (Wildman–Crippen MR) is 131 cm³/mol. The minimum absolute atomic E-state index is 0. The van der Waals surface area contributed by atoms with Gasteiger partial charge in [0, 0.05) is 10.8 Å². The van der Waals surface area contributed by atoms with E-state index in [-0.39, 0.29) is 29.5 Å². The van der Waals surface area contributed by atoms with Crippen molar-refractivity contribution in [3.8, 4) is 11.5 Å². The number of ether oxygens (including phenoxy) is 4. The Balaban J connectivity index is 0.00000400. The fourth-order valence-corrected chi connectivity index (χ4v) is 6.05. The van der Waals surface area contributed by atoms with Gasteiger partial charge in [-0.25, -0.2) is 14.2 Å². The quantitative estimate of drug-likeness (QED) is 0.114. The molecule has 204 valence electrons. The standard InChI is InChI=1S/C25H27N3O8S.HI/c1-25(2)19(24(32)36-13-35-23(31)14-8-7-11-27(3)12-14)28-21(30)18(22(28)37-25)26-20(29)17-15(33-4)9-6-10-16(17)34-5;/h6-12,18-19,22H,13H2,1-5H3;1H/t18-,19+,22-;/m0./s1. The Kier molecular flexibility index (Phi) is 9.13. The van der Waals surface area contributed by atoms with E-state index < -0.39 is 52.8 Å². The molecule has 1 aromatic carbocycles. The number of pyridine rings is 1. The molecule has 13 heteroatoms. The van der Waals surface area contributed by atoms with E-state index in [4.69, 9.17) is 18.9 Å². The number of methoxy groups -OCH3 is 2. The van der Waals surface area contributed by atoms with Gasteiger partial charge in [0.2, 0.25) is 12.7 Å². The highest BCUT2D eigenvalue weighted by Gasteiger charge is 2.64. The number of thioether (sulfide) groups is 1. The van der Waals surface area contributed by atoms with Crippen molar-refractivity contribution in [2.75, 3.05) is 21.0 Å². The number of aromatic nitrogens is 1. The molecule has 2 aliphatic rings. The summed E-state index contributed by atoms with van der Waals surface area (Å²) in [5.41, 5.74) is 0.479. The second kappa shape index (κ2) is 11.8. The van der Waals surface area contributed by atoms with Gasteiger partial charge in [-0.3, -0.25) is 9.59 Å². The van der Waals surface area contributed by atoms with Crippen LogP contribution in [-0.4, -0.2) is 71.9 Å². The molecule has 1 N–H and O–H groups in total. The molecule has 38 heavy (non-hydrogen) atoms. The van der Waals surface area contributed by atoms with Crippen LogP contribution in [-0.2, 0) is 26.1 Å². The Labute approximate surface area is 241 Å². The lowest BCUT2D eigenvalue weighted by atomic mass is 9.95. The Morgan fingerprint density at radius 2 is 1.74 bits per heavy atom. The first-order valence-corrected chi connectivity index (χ1v) is 12.3. The maximum Gasteiger partial charge on any atom is 0.347 e. The van der Waals surface area contributed by atoms with Crippen molar-refractivity contribution in [3.63, 3.8) is 0 Å². The number of β-lactam (4-membered cyclic amide) rings is 1. The van der Waals surface area contributed by atoms with Gasteiger partial charge in [-0.05, 0) is 32.0 Å². The molecule has 11 nitrogen and oxygen atoms in total. The SMILES string of the molecule is COc1cccc(OC)c1C(=O)N[C@H]1C(=O)N2[C@H]1SC(C)(C)[C@H]2C(=O)OCOC(=O)c1ccc[n+](C)c1.[I-]. The van der Waals surface area contributed by atoms with Gasteiger partial charge in [0.05, 0.1) is 14.2 Å². The van der Waals surface area contributed by atoms with Crippen LogP contribution in [0.25, 0.3) is 0 Å². The summed E-state index contributed by atoms with van der Waals surface area (Å²) in [6.45, 7) is 3.04. The van der Waals surface area contributed by atoms with Gasteiger partial charge >= 0.3 is 11.9 Å². The largest absolute Gasteiger partial charge is 1.00 e. The highest BCUT2D eigenvalue weighted by Crippen LogP contribution is 2.51. The molecule has 4 rings (SSSR count). The number of hydrogen-bond acceptors (Lipinski definition) is 9. The summed E-state index contributed by atoms with van der Waals surface area (Å²) >= 11 is 1.38. The highest BCUT2D eigenvalue weighted by molar-refractivity contribution is 8.01. The third-order valence-electron chi connectivity index (χ3n) is 6.17. The Bertz CT molecular complexity index is 1230. The number of aryl methyl sites for hydroxylation is 1. The van der Waals surface area contributed by atoms with Crippen LogP contribution >= 0.6 is 11.8 Å². The molecule has 0 radical (unpaired) electrons. The van der Waals surface area contributed by atoms with Crippen molar-refractivity contribution in [1.29, 1.82) is 0 Å². The summed E-state index contributed by atoms with van der Waals surface area (Å²) in [7, 11) is 4.63. The van der Waals surface area contributed by atoms with Crippen molar-refractivity contribution in [2.24, 2.45) is 7.05 Å². The number of esters is 2. The number of benzene rings is 1. The summed E-state index contributed by atoms with van der Waals surface area (Å²) in [5, 5.41) is 2.27. The van der Waals surface area contributed by atoms with E-state index in [1.165, 1.54) is 30.9 Å². The highest BCUT2D eigenvalue weighted by atomic mass is 127. The Morgan fingerprint density at radius 3 is 2.34 bits per heavy atom. The topological polar surface area (TPSA) is 124 Å². The van der Waals surface area contributed by atoms with Gasteiger partial charge in [0.15, 0.2) is 12.4 Å². The van der Waals surface area contributed by atoms with Crippen molar-refractivity contribution in [3.05, 3.63) is 53.9 Å². The van der Waals surface area contributed by atoms with E-state index in [0.717, 1.165) is 0 Å². The van der Waals surface area contributed by atoms with Gasteiger partial charge in [-0.2, -0.15) is 0 Å². The zero-order chi connectivity index (χ0) is 26.9. The average molecular weight is 657 g/mol. The number of fused-ring (bicyclic) bond motifs is 1. The van der Waals surface area contributed by atoms with E-state index in [2.05, 4.69) is 5.32 Å². The van der Waals surface area contributed by atoms with E-state index in [9.17, 15) is 19.2 Å². The lowest BCUT2D eigenvalue weighted by molar-refractivity contribution is -0.671. The maximum atomic E-state index is 13.1. The summed E-state index contributed by atoms with van der Waals surface area (Å²) in [6.07, 6.45) is 3.35. The van der Waals surface area contributed by atoms with Crippen LogP contribution in [0.4, 0.5) is 0 Å². The Morgan fingerprint density at radius 1 is 1.08 bits per heavy atom. The molecule has 0 unspecified atom stereocenters. The zero-order valence-corrected chi connectivity index (χ0v) is 24.4. The fourth-order valence-electron chi connectivity index (χ4n) is 4.43. The van der Waals surface area contributed by atoms with Gasteiger partial charge in [-0.15, -0.1) is 11.8 Å². The van der Waals surface area contributed by atoms with Crippen LogP contribution in [0.2, 0.25) is 0 Å². The second-order valence-corrected chi connectivity index (χ2v) is 10.8. The molecule has 2 saturated heterocycles. The van der Waals surface area contributed by atoms with Crippen LogP contribution in [0.5, 0.6) is 11.5 Å². The van der Waals surface area contributed by atoms with Gasteiger partial charge in [0.1, 0.15) is 47.1 Å². The zero-order valence-electron chi connectivity index (χ0n) is 21.4. The predicted octanol–water partition coefficient (Wildman–Crippen LogP) is -1.95. The van der Waals surface area contributed by atoms with E-state index in [1.807, 2.05) is 13.8 Å². The molecule has 3 atom stereocenters. The molecule has 2 aliphatic heterocycles. The van der Waals surface area contributed by atoms with Crippen molar-refractivity contribution < 1.29 is 66.7 Å². The molecule has 2 fully saturated rings. The van der Waals surface area contributed by atoms with Gasteiger partial charge < -0.3 is 53.1 Å². The van der Waals surface area contributed by atoms with Crippen LogP contribution in [0.1, 0.15) is 34.6 Å². The summed E-state index contributed by atoms with van der Waals surface area (Å²) in [5.74, 6) is -1.67. The van der Waals surface area contributed by atoms with E-state index in [0.29, 0.717) is 17.1 Å². The number of amides is 2. The Hall–Kier alpha value is -3.07. The van der Waals surface area contributed by atoms with Crippen molar-refractivity contribution >= 4 is 35.5 Å². The van der Waals surface area contributed by atoms with Crippen molar-refractivity contribution in [2.45, 2.75) is 36.1 Å². The third-order valence-corrected chi connectivity index (χ3v) is 7.74. The number of carbonyl (C=O) groups excluding carboxylic acids is 4. The number of halogens is 1. The molecular weight excluding hydrogens is 629 g/mol. The summed E-state index contributed by atoms with van der Waals surface area (Å²) in [6, 6.07) is 6.44. The molecule has 0 saturated carbocycles. The van der Waals surface area contributed by atoms with Crippen LogP contribution in [0.15, 0.2) is 42.7 Å². The lowest BCUT2D eigenvalue weighted by Crippen LogP contribution is -3.00. The van der Waals surface area contributed by atoms with Gasteiger partial charge in [-0.1, -0.05) is 6.07 Å². The molecule has 0 bridgehead atoms. The number of nitrogens with one attached hydrogen (secondary N) is 1. The maximum absolute atomic E-state index is 13.1. The summed E-state index contributed by atoms with van der Waals surface area (Å²) in [4.78, 5) is 52.7. The minimum Gasteiger partial charge on any atom is -1.00 e. The first kappa shape index (κ1) is 29.5. The fraction of sp³-hybridized carbons (Fsp3) is 0.400. The number of rotatable bonds is 8. The minimum atomic E-state index is -0.919. The normalized spacial score (nSPS) is 20.8. The van der Waals surface area contributed by atoms with E-state index in [1.54, 1.807) is 54.3 Å². The van der Waals surface area contributed by atoms with Crippen LogP contribution < -0.4 is 43.3 Å². The molecule has 2 aromatic rings. The number of nitrogens with zero attached hydrogens (tertiary/aromatic N) is 2. The molecule has 3 heterocycles. The van der Waals surface area contributed by atoms with Crippen LogP contribution in [0.3, 0.4) is 0 Å². The number of carbonyl (C=O) groups is 4.